The van der Waals surface area contributed by atoms with Gasteiger partial charge in [-0.15, -0.1) is 0 Å². The van der Waals surface area contributed by atoms with E-state index in [2.05, 4.69) is 42.8 Å². The third kappa shape index (κ3) is 5.23. The highest BCUT2D eigenvalue weighted by Gasteiger charge is 2.37. The first-order chi connectivity index (χ1) is 16.2. The molecule has 0 radical (unpaired) electrons. The van der Waals surface area contributed by atoms with Crippen molar-refractivity contribution in [2.45, 2.75) is 69.9 Å². The Kier molecular flexibility index (Phi) is 6.91. The number of carbonyl (C=O) groups excluding carboxylic acids is 1. The van der Waals surface area contributed by atoms with E-state index in [9.17, 15) is 14.4 Å². The van der Waals surface area contributed by atoms with Gasteiger partial charge in [-0.25, -0.2) is 4.39 Å². The number of carbonyl (C=O) groups is 1. The van der Waals surface area contributed by atoms with Crippen LogP contribution >= 0.6 is 0 Å². The Balaban J connectivity index is 1.47. The molecule has 0 saturated heterocycles. The Labute approximate surface area is 202 Å². The summed E-state index contributed by atoms with van der Waals surface area (Å²) in [7, 11) is 0. The van der Waals surface area contributed by atoms with Crippen LogP contribution in [0.2, 0.25) is 0 Å². The van der Waals surface area contributed by atoms with Crippen LogP contribution in [0.1, 0.15) is 74.6 Å². The van der Waals surface area contributed by atoms with Crippen LogP contribution in [0, 0.1) is 17.1 Å². The lowest BCUT2D eigenvalue weighted by Crippen LogP contribution is -2.52. The fraction of sp³-hybridized carbons (Fsp3) is 0.448. The van der Waals surface area contributed by atoms with Crippen molar-refractivity contribution >= 4 is 11.5 Å². The molecule has 178 valence electrons. The van der Waals surface area contributed by atoms with E-state index < -0.39 is 0 Å². The molecule has 5 heteroatoms. The van der Waals surface area contributed by atoms with E-state index in [-0.39, 0.29) is 22.7 Å². The van der Waals surface area contributed by atoms with Crippen molar-refractivity contribution in [3.05, 3.63) is 77.1 Å². The van der Waals surface area contributed by atoms with Crippen LogP contribution in [0.5, 0.6) is 0 Å². The number of hydrogen-bond acceptors (Lipinski definition) is 3. The summed E-state index contributed by atoms with van der Waals surface area (Å²) in [6, 6.07) is 14.3. The Morgan fingerprint density at radius 3 is 2.65 bits per heavy atom. The maximum atomic E-state index is 13.7. The fourth-order valence-corrected chi connectivity index (χ4v) is 5.67. The minimum Gasteiger partial charge on any atom is -0.347 e. The summed E-state index contributed by atoms with van der Waals surface area (Å²) in [5, 5.41) is 12.6. The molecule has 0 atom stereocenters. The summed E-state index contributed by atoms with van der Waals surface area (Å²) in [5.74, 6) is -0.574. The molecule has 4 nitrogen and oxygen atoms in total. The van der Waals surface area contributed by atoms with Crippen LogP contribution in [-0.4, -0.2) is 29.4 Å². The van der Waals surface area contributed by atoms with Gasteiger partial charge in [0.1, 0.15) is 5.82 Å². The molecular formula is C29H34FN3O. The summed E-state index contributed by atoms with van der Waals surface area (Å²) in [6.45, 7) is 11.1. The van der Waals surface area contributed by atoms with E-state index >= 15 is 0 Å². The average Bonchev–Trinajstić information content (AvgIpc) is 2.82. The average molecular weight is 460 g/mol. The molecule has 0 aromatic heterocycles. The van der Waals surface area contributed by atoms with E-state index in [1.54, 1.807) is 12.1 Å². The zero-order chi connectivity index (χ0) is 24.3. The first kappa shape index (κ1) is 24.2. The molecular weight excluding hydrogens is 425 g/mol. The molecule has 4 rings (SSSR count). The maximum Gasteiger partial charge on any atom is 0.251 e. The number of rotatable bonds is 6. The van der Waals surface area contributed by atoms with Gasteiger partial charge in [0.15, 0.2) is 0 Å². The van der Waals surface area contributed by atoms with Gasteiger partial charge in [0.25, 0.3) is 5.91 Å². The first-order valence-corrected chi connectivity index (χ1v) is 12.2. The Morgan fingerprint density at radius 1 is 1.18 bits per heavy atom. The molecule has 1 amide bonds. The molecule has 1 fully saturated rings. The molecule has 0 unspecified atom stereocenters. The Bertz CT molecular complexity index is 1120. The van der Waals surface area contributed by atoms with Gasteiger partial charge in [-0.1, -0.05) is 57.9 Å². The largest absolute Gasteiger partial charge is 0.347 e. The molecule has 34 heavy (non-hydrogen) atoms. The number of nitriles is 1. The van der Waals surface area contributed by atoms with Gasteiger partial charge in [0.2, 0.25) is 0 Å². The highest BCUT2D eigenvalue weighted by molar-refractivity contribution is 6.18. The Hall–Kier alpha value is -2.97. The lowest BCUT2D eigenvalue weighted by atomic mass is 9.76. The van der Waals surface area contributed by atoms with E-state index in [0.29, 0.717) is 16.7 Å². The molecule has 1 N–H and O–H groups in total. The molecule has 1 saturated carbocycles. The lowest BCUT2D eigenvalue weighted by molar-refractivity contribution is -0.118. The van der Waals surface area contributed by atoms with Gasteiger partial charge in [-0.3, -0.25) is 9.69 Å². The van der Waals surface area contributed by atoms with E-state index in [1.165, 1.54) is 29.7 Å². The predicted molar refractivity (Wildman–Crippen MR) is 133 cm³/mol. The van der Waals surface area contributed by atoms with Gasteiger partial charge in [0.05, 0.1) is 11.6 Å². The van der Waals surface area contributed by atoms with Gasteiger partial charge in [0, 0.05) is 36.2 Å². The number of halogens is 1. The second-order valence-corrected chi connectivity index (χ2v) is 10.6. The third-order valence-corrected chi connectivity index (χ3v) is 7.52. The monoisotopic (exact) mass is 459 g/mol. The number of hydrogen-bond donors (Lipinski definition) is 1. The van der Waals surface area contributed by atoms with Crippen molar-refractivity contribution in [1.29, 1.82) is 5.26 Å². The van der Waals surface area contributed by atoms with Gasteiger partial charge in [-0.2, -0.15) is 5.26 Å². The van der Waals surface area contributed by atoms with Crippen LogP contribution in [0.4, 0.5) is 4.39 Å². The zero-order valence-corrected chi connectivity index (χ0v) is 20.3. The molecule has 2 aliphatic rings. The quantitative estimate of drug-likeness (QED) is 0.563. The lowest BCUT2D eigenvalue weighted by Gasteiger charge is -2.43. The molecule has 1 aliphatic heterocycles. The first-order valence-electron chi connectivity index (χ1n) is 12.2. The van der Waals surface area contributed by atoms with E-state index in [1.807, 2.05) is 12.1 Å². The maximum absolute atomic E-state index is 13.7. The normalized spacial score (nSPS) is 19.0. The van der Waals surface area contributed by atoms with Crippen LogP contribution in [0.3, 0.4) is 0 Å². The molecule has 2 aromatic carbocycles. The number of fused-ring (bicyclic) bond motifs is 1. The van der Waals surface area contributed by atoms with Crippen molar-refractivity contribution in [3.63, 3.8) is 0 Å². The molecule has 0 spiro atoms. The van der Waals surface area contributed by atoms with Gasteiger partial charge < -0.3 is 5.32 Å². The summed E-state index contributed by atoms with van der Waals surface area (Å²) in [6.07, 6.45) is 6.16. The molecule has 2 aromatic rings. The summed E-state index contributed by atoms with van der Waals surface area (Å²) >= 11 is 0. The van der Waals surface area contributed by atoms with Crippen LogP contribution in [-0.2, 0) is 16.8 Å². The second kappa shape index (κ2) is 9.72. The second-order valence-electron chi connectivity index (χ2n) is 10.6. The van der Waals surface area contributed by atoms with Gasteiger partial charge in [-0.05, 0) is 60.2 Å². The number of benzene rings is 2. The topological polar surface area (TPSA) is 56.1 Å². The highest BCUT2D eigenvalue weighted by atomic mass is 19.1. The van der Waals surface area contributed by atoms with Crippen molar-refractivity contribution in [3.8, 4) is 6.07 Å². The van der Waals surface area contributed by atoms with E-state index in [0.717, 1.165) is 51.7 Å². The SMILES string of the molecule is C=C(C(=O)NC1(CCN2Cc3ccc(C#N)cc3C(C)(C)C2)CCCCC1)c1cccc(F)c1. The van der Waals surface area contributed by atoms with Crippen LogP contribution in [0.15, 0.2) is 49.0 Å². The number of amides is 1. The third-order valence-electron chi connectivity index (χ3n) is 7.52. The summed E-state index contributed by atoms with van der Waals surface area (Å²) in [4.78, 5) is 15.6. The van der Waals surface area contributed by atoms with Crippen molar-refractivity contribution in [1.82, 2.24) is 10.2 Å². The van der Waals surface area contributed by atoms with Gasteiger partial charge >= 0.3 is 0 Å². The molecule has 1 aliphatic carbocycles. The standard InChI is InChI=1S/C29H34FN3O/c1-21(23-8-7-9-25(30)17-23)27(34)32-29(12-5-4-6-13-29)14-15-33-19-24-11-10-22(18-31)16-26(24)28(2,3)20-33/h7-11,16-17H,1,4-6,12-15,19-20H2,2-3H3,(H,32,34). The van der Waals surface area contributed by atoms with Crippen LogP contribution < -0.4 is 5.32 Å². The summed E-state index contributed by atoms with van der Waals surface area (Å²) in [5.41, 5.74) is 3.77. The Morgan fingerprint density at radius 2 is 1.94 bits per heavy atom. The summed E-state index contributed by atoms with van der Waals surface area (Å²) < 4.78 is 13.7. The minimum absolute atomic E-state index is 0.0465. The molecule has 0 bridgehead atoms. The zero-order valence-electron chi connectivity index (χ0n) is 20.3. The minimum atomic E-state index is -0.367. The molecule has 1 heterocycles. The number of nitrogens with one attached hydrogen (secondary N) is 1. The number of nitrogens with zero attached hydrogens (tertiary/aromatic N) is 2. The van der Waals surface area contributed by atoms with Crippen molar-refractivity contribution < 1.29 is 9.18 Å². The van der Waals surface area contributed by atoms with Crippen LogP contribution in [0.25, 0.3) is 5.57 Å². The van der Waals surface area contributed by atoms with Crippen molar-refractivity contribution in [2.24, 2.45) is 0 Å². The van der Waals surface area contributed by atoms with E-state index in [4.69, 9.17) is 0 Å². The smallest absolute Gasteiger partial charge is 0.251 e. The highest BCUT2D eigenvalue weighted by Crippen LogP contribution is 2.36. The predicted octanol–water partition coefficient (Wildman–Crippen LogP) is 5.71. The fourth-order valence-electron chi connectivity index (χ4n) is 5.67. The van der Waals surface area contributed by atoms with Crippen molar-refractivity contribution in [2.75, 3.05) is 13.1 Å².